The number of nitrogens with two attached hydrogens (primary N) is 1. The number of nitrogens with one attached hydrogen (secondary N) is 2. The highest BCUT2D eigenvalue weighted by atomic mass is 32.1. The third kappa shape index (κ3) is 6.09. The lowest BCUT2D eigenvalue weighted by Gasteiger charge is -2.13. The molecule has 0 aromatic heterocycles. The average molecular weight is 265 g/mol. The number of amides is 2. The van der Waals surface area contributed by atoms with Crippen molar-refractivity contribution in [2.45, 2.75) is 12.1 Å². The lowest BCUT2D eigenvalue weighted by atomic mass is 10.3. The molecule has 0 rings (SSSR count). The normalized spacial score (nSPS) is 13.6. The third-order valence-electron chi connectivity index (χ3n) is 1.77. The van der Waals surface area contributed by atoms with Gasteiger partial charge in [0.15, 0.2) is 0 Å². The van der Waals surface area contributed by atoms with Crippen LogP contribution in [0.5, 0.6) is 0 Å². The molecule has 0 bridgehead atoms. The van der Waals surface area contributed by atoms with Gasteiger partial charge in [0.05, 0.1) is 19.2 Å². The van der Waals surface area contributed by atoms with Crippen LogP contribution in [0.15, 0.2) is 0 Å². The van der Waals surface area contributed by atoms with E-state index in [1.54, 1.807) is 0 Å². The van der Waals surface area contributed by atoms with E-state index < -0.39 is 43.0 Å². The summed E-state index contributed by atoms with van der Waals surface area (Å²) in [6.45, 7) is -1.14. The van der Waals surface area contributed by atoms with Gasteiger partial charge in [0.1, 0.15) is 6.04 Å². The molecule has 0 aliphatic rings. The van der Waals surface area contributed by atoms with E-state index >= 15 is 0 Å². The first kappa shape index (κ1) is 15.7. The molecule has 6 N–H and O–H groups in total. The second-order valence-corrected chi connectivity index (χ2v) is 3.51. The van der Waals surface area contributed by atoms with E-state index in [9.17, 15) is 14.4 Å². The molecule has 0 aromatic rings. The minimum absolute atomic E-state index is 0.127. The Bertz CT molecular complexity index is 299. The van der Waals surface area contributed by atoms with Crippen LogP contribution in [0.1, 0.15) is 0 Å². The molecule has 0 spiro atoms. The molecule has 0 aliphatic carbocycles. The number of carbonyl (C=O) groups is 3. The number of hydrogen-bond donors (Lipinski definition) is 6. The quantitative estimate of drug-likeness (QED) is 0.270. The Morgan fingerprint density at radius 2 is 1.94 bits per heavy atom. The molecule has 0 aliphatic heterocycles. The first-order valence-electron chi connectivity index (χ1n) is 4.69. The molecule has 8 nitrogen and oxygen atoms in total. The Kier molecular flexibility index (Phi) is 7.26. The number of rotatable bonds is 7. The Morgan fingerprint density at radius 3 is 2.35 bits per heavy atom. The lowest BCUT2D eigenvalue weighted by Crippen LogP contribution is -2.49. The largest absolute Gasteiger partial charge is 0.480 e. The summed E-state index contributed by atoms with van der Waals surface area (Å²) in [5.41, 5.74) is 5.32. The molecule has 0 heterocycles. The van der Waals surface area contributed by atoms with Crippen LogP contribution < -0.4 is 16.4 Å². The molecule has 0 saturated heterocycles. The average Bonchev–Trinajstić information content (AvgIpc) is 2.31. The van der Waals surface area contributed by atoms with E-state index in [0.717, 1.165) is 0 Å². The van der Waals surface area contributed by atoms with Gasteiger partial charge in [0, 0.05) is 5.75 Å². The van der Waals surface area contributed by atoms with Gasteiger partial charge in [-0.1, -0.05) is 0 Å². The highest BCUT2D eigenvalue weighted by Gasteiger charge is 2.19. The summed E-state index contributed by atoms with van der Waals surface area (Å²) in [5.74, 6) is -2.53. The predicted octanol–water partition coefficient (Wildman–Crippen LogP) is -3.08. The minimum Gasteiger partial charge on any atom is -0.480 e. The van der Waals surface area contributed by atoms with E-state index in [0.29, 0.717) is 0 Å². The zero-order valence-corrected chi connectivity index (χ0v) is 9.81. The van der Waals surface area contributed by atoms with E-state index in [1.165, 1.54) is 0 Å². The molecular weight excluding hydrogens is 250 g/mol. The number of carboxylic acids is 1. The van der Waals surface area contributed by atoms with Crippen molar-refractivity contribution in [1.29, 1.82) is 0 Å². The van der Waals surface area contributed by atoms with E-state index in [1.807, 2.05) is 5.32 Å². The fourth-order valence-corrected chi connectivity index (χ4v) is 0.978. The van der Waals surface area contributed by atoms with Crippen LogP contribution in [0.4, 0.5) is 0 Å². The van der Waals surface area contributed by atoms with Crippen LogP contribution in [0.25, 0.3) is 0 Å². The summed E-state index contributed by atoms with van der Waals surface area (Å²) in [6, 6.07) is -2.22. The van der Waals surface area contributed by atoms with Gasteiger partial charge >= 0.3 is 5.97 Å². The number of thiol groups is 1. The van der Waals surface area contributed by atoms with Crippen molar-refractivity contribution in [2.24, 2.45) is 5.73 Å². The standard InChI is InChI=1S/C8H15N3O5S/c9-4(3-17)7(14)10-1-6(13)11-5(2-12)8(15)16/h4-5,12,17H,1-3,9H2,(H,10,14)(H,11,13)(H,15,16)/t4-,5-/m0/s1. The summed E-state index contributed by atoms with van der Waals surface area (Å²) in [6.07, 6.45) is 0. The fraction of sp³-hybridized carbons (Fsp3) is 0.625. The Hall–Kier alpha value is -1.32. The van der Waals surface area contributed by atoms with Gasteiger partial charge in [-0.15, -0.1) is 0 Å². The number of aliphatic carboxylic acids is 1. The van der Waals surface area contributed by atoms with Crippen molar-refractivity contribution in [3.05, 3.63) is 0 Å². The van der Waals surface area contributed by atoms with Crippen molar-refractivity contribution < 1.29 is 24.6 Å². The molecule has 2 amide bonds. The van der Waals surface area contributed by atoms with Crippen LogP contribution in [0.2, 0.25) is 0 Å². The Labute approximate surface area is 103 Å². The van der Waals surface area contributed by atoms with E-state index in [4.69, 9.17) is 15.9 Å². The Morgan fingerprint density at radius 1 is 1.35 bits per heavy atom. The highest BCUT2D eigenvalue weighted by molar-refractivity contribution is 7.80. The van der Waals surface area contributed by atoms with Crippen molar-refractivity contribution in [1.82, 2.24) is 10.6 Å². The molecule has 9 heteroatoms. The number of carbonyl (C=O) groups excluding carboxylic acids is 2. The van der Waals surface area contributed by atoms with Crippen LogP contribution in [-0.2, 0) is 14.4 Å². The number of aliphatic hydroxyl groups excluding tert-OH is 1. The Balaban J connectivity index is 4.03. The molecule has 0 fully saturated rings. The maximum atomic E-state index is 11.2. The molecule has 98 valence electrons. The van der Waals surface area contributed by atoms with E-state index in [2.05, 4.69) is 17.9 Å². The van der Waals surface area contributed by atoms with Crippen molar-refractivity contribution in [3.63, 3.8) is 0 Å². The summed E-state index contributed by atoms with van der Waals surface area (Å²) >= 11 is 3.80. The monoisotopic (exact) mass is 265 g/mol. The smallest absolute Gasteiger partial charge is 0.328 e. The molecule has 2 atom stereocenters. The van der Waals surface area contributed by atoms with Gasteiger partial charge in [-0.05, 0) is 0 Å². The zero-order chi connectivity index (χ0) is 13.4. The number of aliphatic hydroxyl groups is 1. The zero-order valence-electron chi connectivity index (χ0n) is 8.92. The second-order valence-electron chi connectivity index (χ2n) is 3.15. The van der Waals surface area contributed by atoms with Crippen molar-refractivity contribution in [2.75, 3.05) is 18.9 Å². The maximum absolute atomic E-state index is 11.2. The molecule has 17 heavy (non-hydrogen) atoms. The highest BCUT2D eigenvalue weighted by Crippen LogP contribution is 1.84. The summed E-state index contributed by atoms with van der Waals surface area (Å²) in [7, 11) is 0. The van der Waals surface area contributed by atoms with Crippen LogP contribution >= 0.6 is 12.6 Å². The summed E-state index contributed by atoms with van der Waals surface area (Å²) in [5, 5.41) is 21.4. The molecule has 0 aromatic carbocycles. The third-order valence-corrected chi connectivity index (χ3v) is 2.17. The van der Waals surface area contributed by atoms with Gasteiger partial charge in [0.25, 0.3) is 0 Å². The summed E-state index contributed by atoms with van der Waals surface area (Å²) < 4.78 is 0. The van der Waals surface area contributed by atoms with Gasteiger partial charge in [-0.2, -0.15) is 12.6 Å². The number of carboxylic acid groups (broad SMARTS) is 1. The molecule has 0 saturated carbocycles. The van der Waals surface area contributed by atoms with Crippen LogP contribution in [0.3, 0.4) is 0 Å². The van der Waals surface area contributed by atoms with Crippen LogP contribution in [-0.4, -0.2) is 59.0 Å². The predicted molar refractivity (Wildman–Crippen MR) is 61.5 cm³/mol. The van der Waals surface area contributed by atoms with E-state index in [-0.39, 0.29) is 5.75 Å². The molecule has 0 unspecified atom stereocenters. The van der Waals surface area contributed by atoms with Crippen molar-refractivity contribution >= 4 is 30.4 Å². The molecule has 0 radical (unpaired) electrons. The van der Waals surface area contributed by atoms with Crippen LogP contribution in [0, 0.1) is 0 Å². The van der Waals surface area contributed by atoms with Gasteiger partial charge in [0.2, 0.25) is 11.8 Å². The second kappa shape index (κ2) is 7.87. The maximum Gasteiger partial charge on any atom is 0.328 e. The molecular formula is C8H15N3O5S. The van der Waals surface area contributed by atoms with Gasteiger partial charge in [-0.25, -0.2) is 4.79 Å². The topological polar surface area (TPSA) is 142 Å². The SMILES string of the molecule is N[C@@H](CS)C(=O)NCC(=O)N[C@@H](CO)C(=O)O. The van der Waals surface area contributed by atoms with Gasteiger partial charge in [-0.3, -0.25) is 9.59 Å². The first-order valence-corrected chi connectivity index (χ1v) is 5.32. The lowest BCUT2D eigenvalue weighted by molar-refractivity contribution is -0.142. The van der Waals surface area contributed by atoms with Crippen molar-refractivity contribution in [3.8, 4) is 0 Å². The first-order chi connectivity index (χ1) is 7.92. The van der Waals surface area contributed by atoms with Gasteiger partial charge < -0.3 is 26.6 Å². The number of hydrogen-bond acceptors (Lipinski definition) is 6. The summed E-state index contributed by atoms with van der Waals surface area (Å²) in [4.78, 5) is 32.8. The minimum atomic E-state index is -1.39. The fourth-order valence-electron chi connectivity index (χ4n) is 0.812.